The first-order chi connectivity index (χ1) is 10.6. The van der Waals surface area contributed by atoms with Gasteiger partial charge in [-0.25, -0.2) is 15.0 Å². The average molecular weight is 314 g/mol. The summed E-state index contributed by atoms with van der Waals surface area (Å²) in [6.45, 7) is 4.41. The molecule has 0 unspecified atom stereocenters. The van der Waals surface area contributed by atoms with E-state index < -0.39 is 0 Å². The molecule has 3 rings (SSSR count). The number of hydrogen-bond acceptors (Lipinski definition) is 4. The summed E-state index contributed by atoms with van der Waals surface area (Å²) in [4.78, 5) is 15.0. The van der Waals surface area contributed by atoms with Crippen molar-refractivity contribution in [1.29, 1.82) is 0 Å². The van der Waals surface area contributed by atoms with E-state index >= 15 is 0 Å². The van der Waals surface area contributed by atoms with E-state index in [0.29, 0.717) is 22.9 Å². The lowest BCUT2D eigenvalue weighted by Crippen LogP contribution is -2.08. The van der Waals surface area contributed by atoms with Gasteiger partial charge in [0.2, 0.25) is 0 Å². The van der Waals surface area contributed by atoms with Crippen molar-refractivity contribution in [2.24, 2.45) is 0 Å². The van der Waals surface area contributed by atoms with Crippen molar-refractivity contribution in [2.45, 2.75) is 6.54 Å². The molecule has 1 aromatic carbocycles. The highest BCUT2D eigenvalue weighted by Crippen LogP contribution is 2.27. The number of halogens is 1. The van der Waals surface area contributed by atoms with Crippen molar-refractivity contribution >= 4 is 28.5 Å². The molecule has 0 aliphatic carbocycles. The first-order valence-electron chi connectivity index (χ1n) is 6.87. The van der Waals surface area contributed by atoms with Gasteiger partial charge in [-0.05, 0) is 24.3 Å². The predicted molar refractivity (Wildman–Crippen MR) is 90.3 cm³/mol. The lowest BCUT2D eigenvalue weighted by Gasteiger charge is -2.13. The Balaban J connectivity index is 2.18. The highest BCUT2D eigenvalue weighted by atomic mass is 35.5. The van der Waals surface area contributed by atoms with Crippen LogP contribution in [0.2, 0.25) is 5.15 Å². The fourth-order valence-corrected chi connectivity index (χ4v) is 2.51. The second-order valence-electron chi connectivity index (χ2n) is 5.11. The van der Waals surface area contributed by atoms with Crippen LogP contribution in [0.1, 0.15) is 0 Å². The van der Waals surface area contributed by atoms with Crippen LogP contribution in [0.25, 0.3) is 22.6 Å². The van der Waals surface area contributed by atoms with Crippen LogP contribution in [0.3, 0.4) is 0 Å². The molecular formula is C16H16ClN5. The van der Waals surface area contributed by atoms with Crippen LogP contribution in [-0.2, 0) is 6.54 Å². The number of anilines is 1. The molecule has 22 heavy (non-hydrogen) atoms. The number of fused-ring (bicyclic) bond motifs is 1. The lowest BCUT2D eigenvalue weighted by molar-refractivity contribution is 0.848. The largest absolute Gasteiger partial charge is 0.378 e. The van der Waals surface area contributed by atoms with E-state index in [1.807, 2.05) is 36.9 Å². The third-order valence-corrected chi connectivity index (χ3v) is 3.72. The Kier molecular flexibility index (Phi) is 3.81. The Morgan fingerprint density at radius 3 is 2.59 bits per heavy atom. The minimum Gasteiger partial charge on any atom is -0.378 e. The summed E-state index contributed by atoms with van der Waals surface area (Å²) < 4.78 is 1.99. The van der Waals surface area contributed by atoms with Gasteiger partial charge in [-0.3, -0.25) is 0 Å². The summed E-state index contributed by atoms with van der Waals surface area (Å²) >= 11 is 6.14. The summed E-state index contributed by atoms with van der Waals surface area (Å²) in [5.74, 6) is 0.808. The Morgan fingerprint density at radius 1 is 1.23 bits per heavy atom. The van der Waals surface area contributed by atoms with Gasteiger partial charge in [-0.1, -0.05) is 17.7 Å². The maximum absolute atomic E-state index is 6.14. The molecule has 0 aliphatic heterocycles. The molecule has 6 heteroatoms. The Labute approximate surface area is 133 Å². The van der Waals surface area contributed by atoms with Gasteiger partial charge in [0, 0.05) is 31.9 Å². The summed E-state index contributed by atoms with van der Waals surface area (Å²) in [6, 6.07) is 8.19. The molecule has 0 amide bonds. The molecule has 2 aromatic heterocycles. The molecule has 2 heterocycles. The van der Waals surface area contributed by atoms with E-state index in [0.717, 1.165) is 17.1 Å². The third-order valence-electron chi connectivity index (χ3n) is 3.44. The van der Waals surface area contributed by atoms with Crippen molar-refractivity contribution in [3.8, 4) is 11.4 Å². The van der Waals surface area contributed by atoms with Crippen LogP contribution in [0.4, 0.5) is 5.69 Å². The van der Waals surface area contributed by atoms with Gasteiger partial charge in [0.15, 0.2) is 10.8 Å². The molecule has 0 aliphatic rings. The number of aromatic nitrogens is 4. The zero-order chi connectivity index (χ0) is 15.7. The first-order valence-corrected chi connectivity index (χ1v) is 7.25. The summed E-state index contributed by atoms with van der Waals surface area (Å²) in [5, 5.41) is 0.360. The quantitative estimate of drug-likeness (QED) is 0.547. The van der Waals surface area contributed by atoms with E-state index in [1.54, 1.807) is 0 Å². The SMILES string of the molecule is C=CCn1c(-c2ccc(N(C)C)cc2)nc2c(Cl)ncnc21. The summed E-state index contributed by atoms with van der Waals surface area (Å²) in [5.41, 5.74) is 3.46. The van der Waals surface area contributed by atoms with E-state index in [9.17, 15) is 0 Å². The number of rotatable bonds is 4. The van der Waals surface area contributed by atoms with Crippen LogP contribution in [-0.4, -0.2) is 33.6 Å². The molecule has 0 saturated heterocycles. The van der Waals surface area contributed by atoms with Crippen LogP contribution in [0.15, 0.2) is 43.2 Å². The zero-order valence-electron chi connectivity index (χ0n) is 12.5. The summed E-state index contributed by atoms with van der Waals surface area (Å²) in [7, 11) is 4.02. The number of hydrogen-bond donors (Lipinski definition) is 0. The second kappa shape index (κ2) is 5.77. The fourth-order valence-electron chi connectivity index (χ4n) is 2.34. The standard InChI is InChI=1S/C16H16ClN5/c1-4-9-22-15(11-5-7-12(8-6-11)21(2)3)20-13-14(17)18-10-19-16(13)22/h4-8,10H,1,9H2,2-3H3. The highest BCUT2D eigenvalue weighted by Gasteiger charge is 2.15. The second-order valence-corrected chi connectivity index (χ2v) is 5.47. The molecule has 112 valence electrons. The molecule has 0 saturated carbocycles. The maximum Gasteiger partial charge on any atom is 0.165 e. The highest BCUT2D eigenvalue weighted by molar-refractivity contribution is 6.33. The molecule has 0 atom stereocenters. The topological polar surface area (TPSA) is 46.8 Å². The molecule has 0 fully saturated rings. The van der Waals surface area contributed by atoms with Crippen molar-refractivity contribution in [3.05, 3.63) is 48.4 Å². The minimum atomic E-state index is 0.360. The predicted octanol–water partition coefficient (Wildman–Crippen LogP) is 3.40. The molecule has 0 radical (unpaired) electrons. The molecule has 0 spiro atoms. The van der Waals surface area contributed by atoms with Crippen LogP contribution >= 0.6 is 11.6 Å². The smallest absolute Gasteiger partial charge is 0.165 e. The zero-order valence-corrected chi connectivity index (χ0v) is 13.2. The lowest BCUT2D eigenvalue weighted by atomic mass is 10.2. The Hall–Kier alpha value is -2.40. The Bertz CT molecular complexity index is 820. The van der Waals surface area contributed by atoms with Gasteiger partial charge >= 0.3 is 0 Å². The van der Waals surface area contributed by atoms with Gasteiger partial charge in [0.1, 0.15) is 17.7 Å². The van der Waals surface area contributed by atoms with Crippen LogP contribution in [0, 0.1) is 0 Å². The molecular weight excluding hydrogens is 298 g/mol. The van der Waals surface area contributed by atoms with Crippen molar-refractivity contribution < 1.29 is 0 Å². The van der Waals surface area contributed by atoms with Gasteiger partial charge < -0.3 is 9.47 Å². The average Bonchev–Trinajstić information content (AvgIpc) is 2.88. The number of nitrogens with zero attached hydrogens (tertiary/aromatic N) is 5. The number of imidazole rings is 1. The molecule has 0 N–H and O–H groups in total. The summed E-state index contributed by atoms with van der Waals surface area (Å²) in [6.07, 6.45) is 3.26. The van der Waals surface area contributed by atoms with Crippen molar-refractivity contribution in [2.75, 3.05) is 19.0 Å². The molecule has 0 bridgehead atoms. The number of allylic oxidation sites excluding steroid dienone is 1. The fraction of sp³-hybridized carbons (Fsp3) is 0.188. The van der Waals surface area contributed by atoms with Crippen LogP contribution < -0.4 is 4.90 Å². The monoisotopic (exact) mass is 313 g/mol. The van der Waals surface area contributed by atoms with E-state index in [4.69, 9.17) is 11.6 Å². The minimum absolute atomic E-state index is 0.360. The number of benzene rings is 1. The van der Waals surface area contributed by atoms with E-state index in [-0.39, 0.29) is 0 Å². The van der Waals surface area contributed by atoms with E-state index in [2.05, 4.69) is 38.6 Å². The van der Waals surface area contributed by atoms with Crippen molar-refractivity contribution in [3.63, 3.8) is 0 Å². The van der Waals surface area contributed by atoms with Gasteiger partial charge in [-0.2, -0.15) is 0 Å². The van der Waals surface area contributed by atoms with Crippen LogP contribution in [0.5, 0.6) is 0 Å². The Morgan fingerprint density at radius 2 is 1.95 bits per heavy atom. The van der Waals surface area contributed by atoms with Gasteiger partial charge in [-0.15, -0.1) is 6.58 Å². The van der Waals surface area contributed by atoms with E-state index in [1.165, 1.54) is 6.33 Å². The first kappa shape index (κ1) is 14.5. The van der Waals surface area contributed by atoms with Gasteiger partial charge in [0.25, 0.3) is 0 Å². The third kappa shape index (κ3) is 2.44. The maximum atomic E-state index is 6.14. The molecule has 3 aromatic rings. The van der Waals surface area contributed by atoms with Crippen molar-refractivity contribution in [1.82, 2.24) is 19.5 Å². The normalized spacial score (nSPS) is 10.9. The van der Waals surface area contributed by atoms with Gasteiger partial charge in [0.05, 0.1) is 0 Å². The molecule has 5 nitrogen and oxygen atoms in total.